The number of anilines is 2. The molecule has 0 fully saturated rings. The van der Waals surface area contributed by atoms with Crippen LogP contribution in [0.25, 0.3) is 0 Å². The van der Waals surface area contributed by atoms with Crippen LogP contribution in [0.3, 0.4) is 0 Å². The summed E-state index contributed by atoms with van der Waals surface area (Å²) in [4.78, 5) is 15.2. The molecule has 2 N–H and O–H groups in total. The van der Waals surface area contributed by atoms with E-state index in [0.29, 0.717) is 6.54 Å². The summed E-state index contributed by atoms with van der Waals surface area (Å²) >= 11 is 0. The van der Waals surface area contributed by atoms with Gasteiger partial charge in [0.1, 0.15) is 5.75 Å². The predicted octanol–water partition coefficient (Wildman–Crippen LogP) is 2.00. The van der Waals surface area contributed by atoms with Crippen molar-refractivity contribution in [1.29, 1.82) is 0 Å². The van der Waals surface area contributed by atoms with Gasteiger partial charge in [0, 0.05) is 25.9 Å². The van der Waals surface area contributed by atoms with E-state index in [4.69, 9.17) is 4.74 Å². The zero-order valence-electron chi connectivity index (χ0n) is 11.8. The summed E-state index contributed by atoms with van der Waals surface area (Å²) in [6, 6.07) is 5.46. The number of methoxy groups -OCH3 is 1. The highest BCUT2D eigenvalue weighted by atomic mass is 16.5. The molecule has 0 aliphatic carbocycles. The maximum absolute atomic E-state index is 11.1. The van der Waals surface area contributed by atoms with Crippen molar-refractivity contribution in [3.8, 4) is 5.75 Å². The molecule has 2 rings (SSSR count). The number of imidazole rings is 1. The largest absolute Gasteiger partial charge is 0.495 e. The molecule has 0 saturated carbocycles. The Morgan fingerprint density at radius 1 is 1.45 bits per heavy atom. The number of nitrogens with zero attached hydrogens (tertiary/aromatic N) is 2. The highest BCUT2D eigenvalue weighted by Crippen LogP contribution is 2.28. The SMILES string of the molecule is COc1ccc(NC(C)=O)cc1NCc1cncn1C. The van der Waals surface area contributed by atoms with E-state index in [1.54, 1.807) is 25.7 Å². The van der Waals surface area contributed by atoms with Gasteiger partial charge in [0.2, 0.25) is 5.91 Å². The van der Waals surface area contributed by atoms with Gasteiger partial charge in [-0.15, -0.1) is 0 Å². The fourth-order valence-corrected chi connectivity index (χ4v) is 1.87. The van der Waals surface area contributed by atoms with E-state index in [1.807, 2.05) is 23.7 Å². The number of hydrogen-bond acceptors (Lipinski definition) is 4. The second-order valence-electron chi connectivity index (χ2n) is 4.45. The summed E-state index contributed by atoms with van der Waals surface area (Å²) in [6.45, 7) is 2.10. The number of carbonyl (C=O) groups is 1. The smallest absolute Gasteiger partial charge is 0.221 e. The third-order valence-corrected chi connectivity index (χ3v) is 2.90. The van der Waals surface area contributed by atoms with Gasteiger partial charge in [-0.3, -0.25) is 4.79 Å². The van der Waals surface area contributed by atoms with E-state index in [1.165, 1.54) is 6.92 Å². The van der Waals surface area contributed by atoms with Crippen LogP contribution in [0.4, 0.5) is 11.4 Å². The zero-order valence-corrected chi connectivity index (χ0v) is 11.8. The van der Waals surface area contributed by atoms with Crippen molar-refractivity contribution in [2.24, 2.45) is 7.05 Å². The molecule has 0 bridgehead atoms. The lowest BCUT2D eigenvalue weighted by molar-refractivity contribution is -0.114. The molecule has 6 nitrogen and oxygen atoms in total. The second kappa shape index (κ2) is 6.10. The standard InChI is InChI=1S/C14H18N4O2/c1-10(19)17-11-4-5-14(20-3)13(6-11)16-8-12-7-15-9-18(12)2/h4-7,9,16H,8H2,1-3H3,(H,17,19). The zero-order chi connectivity index (χ0) is 14.5. The van der Waals surface area contributed by atoms with E-state index in [-0.39, 0.29) is 5.91 Å². The van der Waals surface area contributed by atoms with Gasteiger partial charge in [-0.2, -0.15) is 0 Å². The minimum atomic E-state index is -0.104. The number of carbonyl (C=O) groups excluding carboxylic acids is 1. The van der Waals surface area contributed by atoms with Gasteiger partial charge in [-0.05, 0) is 18.2 Å². The first-order chi connectivity index (χ1) is 9.60. The lowest BCUT2D eigenvalue weighted by Crippen LogP contribution is -2.08. The molecule has 0 saturated heterocycles. The number of aromatic nitrogens is 2. The molecule has 0 radical (unpaired) electrons. The van der Waals surface area contributed by atoms with Gasteiger partial charge in [-0.1, -0.05) is 0 Å². The normalized spacial score (nSPS) is 10.2. The van der Waals surface area contributed by atoms with Crippen LogP contribution in [-0.2, 0) is 18.4 Å². The van der Waals surface area contributed by atoms with Crippen molar-refractivity contribution < 1.29 is 9.53 Å². The molecule has 1 heterocycles. The molecule has 2 aromatic rings. The molecule has 1 amide bonds. The summed E-state index contributed by atoms with van der Waals surface area (Å²) < 4.78 is 7.25. The molecule has 0 aliphatic rings. The van der Waals surface area contributed by atoms with Crippen molar-refractivity contribution in [2.75, 3.05) is 17.7 Å². The van der Waals surface area contributed by atoms with Crippen LogP contribution >= 0.6 is 0 Å². The van der Waals surface area contributed by atoms with E-state index in [0.717, 1.165) is 22.8 Å². The molecular weight excluding hydrogens is 256 g/mol. The van der Waals surface area contributed by atoms with Crippen LogP contribution in [0.1, 0.15) is 12.6 Å². The number of ether oxygens (including phenoxy) is 1. The summed E-state index contributed by atoms with van der Waals surface area (Å²) in [5, 5.41) is 6.03. The van der Waals surface area contributed by atoms with Gasteiger partial charge in [0.25, 0.3) is 0 Å². The van der Waals surface area contributed by atoms with Crippen LogP contribution in [0.2, 0.25) is 0 Å². The van der Waals surface area contributed by atoms with E-state index < -0.39 is 0 Å². The average Bonchev–Trinajstić information content (AvgIpc) is 2.81. The Hall–Kier alpha value is -2.50. The molecule has 0 spiro atoms. The van der Waals surface area contributed by atoms with Crippen LogP contribution in [-0.4, -0.2) is 22.6 Å². The van der Waals surface area contributed by atoms with Gasteiger partial charge in [-0.25, -0.2) is 4.98 Å². The topological polar surface area (TPSA) is 68.2 Å². The maximum atomic E-state index is 11.1. The van der Waals surface area contributed by atoms with Gasteiger partial charge >= 0.3 is 0 Å². The minimum absolute atomic E-state index is 0.104. The monoisotopic (exact) mass is 274 g/mol. The number of aryl methyl sites for hydroxylation is 1. The minimum Gasteiger partial charge on any atom is -0.495 e. The molecule has 0 unspecified atom stereocenters. The summed E-state index contributed by atoms with van der Waals surface area (Å²) in [5.74, 6) is 0.619. The van der Waals surface area contributed by atoms with Gasteiger partial charge in [0.15, 0.2) is 0 Å². The van der Waals surface area contributed by atoms with Gasteiger partial charge in [0.05, 0.1) is 31.4 Å². The summed E-state index contributed by atoms with van der Waals surface area (Å²) in [7, 11) is 3.55. The summed E-state index contributed by atoms with van der Waals surface area (Å²) in [6.07, 6.45) is 3.55. The molecule has 0 aliphatic heterocycles. The fourth-order valence-electron chi connectivity index (χ4n) is 1.87. The Kier molecular flexibility index (Phi) is 4.24. The van der Waals surface area contributed by atoms with E-state index in [9.17, 15) is 4.79 Å². The van der Waals surface area contributed by atoms with Crippen molar-refractivity contribution in [3.63, 3.8) is 0 Å². The second-order valence-corrected chi connectivity index (χ2v) is 4.45. The molecule has 106 valence electrons. The number of rotatable bonds is 5. The first-order valence-corrected chi connectivity index (χ1v) is 6.25. The lowest BCUT2D eigenvalue weighted by atomic mass is 10.2. The first-order valence-electron chi connectivity index (χ1n) is 6.25. The van der Waals surface area contributed by atoms with E-state index in [2.05, 4.69) is 15.6 Å². The van der Waals surface area contributed by atoms with Crippen LogP contribution in [0.5, 0.6) is 5.75 Å². The first kappa shape index (κ1) is 13.9. The molecule has 1 aromatic heterocycles. The van der Waals surface area contributed by atoms with Crippen LogP contribution in [0.15, 0.2) is 30.7 Å². The third kappa shape index (κ3) is 3.28. The average molecular weight is 274 g/mol. The van der Waals surface area contributed by atoms with Gasteiger partial charge < -0.3 is 19.9 Å². The highest BCUT2D eigenvalue weighted by Gasteiger charge is 2.06. The third-order valence-electron chi connectivity index (χ3n) is 2.90. The molecule has 6 heteroatoms. The van der Waals surface area contributed by atoms with Crippen molar-refractivity contribution in [2.45, 2.75) is 13.5 Å². The number of hydrogen-bond donors (Lipinski definition) is 2. The predicted molar refractivity (Wildman–Crippen MR) is 77.8 cm³/mol. The Bertz CT molecular complexity index is 607. The van der Waals surface area contributed by atoms with Crippen molar-refractivity contribution in [1.82, 2.24) is 9.55 Å². The number of benzene rings is 1. The lowest BCUT2D eigenvalue weighted by Gasteiger charge is -2.13. The van der Waals surface area contributed by atoms with Crippen molar-refractivity contribution >= 4 is 17.3 Å². The maximum Gasteiger partial charge on any atom is 0.221 e. The van der Waals surface area contributed by atoms with Crippen molar-refractivity contribution in [3.05, 3.63) is 36.4 Å². The number of nitrogens with one attached hydrogen (secondary N) is 2. The number of amides is 1. The van der Waals surface area contributed by atoms with Crippen LogP contribution in [0, 0.1) is 0 Å². The fraction of sp³-hybridized carbons (Fsp3) is 0.286. The molecule has 20 heavy (non-hydrogen) atoms. The van der Waals surface area contributed by atoms with E-state index >= 15 is 0 Å². The summed E-state index contributed by atoms with van der Waals surface area (Å²) in [5.41, 5.74) is 2.60. The molecular formula is C14H18N4O2. The Morgan fingerprint density at radius 2 is 2.25 bits per heavy atom. The Morgan fingerprint density at radius 3 is 2.85 bits per heavy atom. The molecule has 0 atom stereocenters. The Balaban J connectivity index is 2.15. The Labute approximate surface area is 117 Å². The van der Waals surface area contributed by atoms with Crippen LogP contribution < -0.4 is 15.4 Å². The quantitative estimate of drug-likeness (QED) is 0.875. The highest BCUT2D eigenvalue weighted by molar-refractivity contribution is 5.89. The molecule has 1 aromatic carbocycles.